The first-order valence-corrected chi connectivity index (χ1v) is 7.26. The Bertz CT molecular complexity index is 931. The van der Waals surface area contributed by atoms with E-state index in [1.807, 2.05) is 18.2 Å². The van der Waals surface area contributed by atoms with Crippen LogP contribution < -0.4 is 10.3 Å². The van der Waals surface area contributed by atoms with E-state index in [1.165, 1.54) is 0 Å². The van der Waals surface area contributed by atoms with Gasteiger partial charge in [0.05, 0.1) is 17.7 Å². The maximum absolute atomic E-state index is 11.7. The molecule has 1 aromatic carbocycles. The highest BCUT2D eigenvalue weighted by molar-refractivity contribution is 5.85. The van der Waals surface area contributed by atoms with Crippen LogP contribution in [0.15, 0.2) is 53.6 Å². The predicted octanol–water partition coefficient (Wildman–Crippen LogP) is 1.68. The molecule has 0 saturated carbocycles. The van der Waals surface area contributed by atoms with Crippen LogP contribution >= 0.6 is 0 Å². The summed E-state index contributed by atoms with van der Waals surface area (Å²) >= 11 is 0. The number of fused-ring (bicyclic) bond motifs is 1. The van der Waals surface area contributed by atoms with Gasteiger partial charge in [-0.25, -0.2) is 0 Å². The maximum atomic E-state index is 11.7. The topological polar surface area (TPSA) is 110 Å². The van der Waals surface area contributed by atoms with Gasteiger partial charge in [-0.05, 0) is 18.2 Å². The Labute approximate surface area is 136 Å². The monoisotopic (exact) mass is 329 g/mol. The van der Waals surface area contributed by atoms with Gasteiger partial charge in [0.15, 0.2) is 0 Å². The van der Waals surface area contributed by atoms with Crippen LogP contribution in [0.1, 0.15) is 0 Å². The van der Waals surface area contributed by atoms with Gasteiger partial charge in [-0.3, -0.25) is 14.9 Å². The van der Waals surface area contributed by atoms with Crippen LogP contribution in [0.3, 0.4) is 0 Å². The molecular weight excluding hydrogens is 314 g/mol. The Kier molecular flexibility index (Phi) is 4.30. The lowest BCUT2D eigenvalue weighted by atomic mass is 10.2. The highest BCUT2D eigenvalue weighted by Crippen LogP contribution is 2.24. The number of aliphatic hydroxyl groups excluding tert-OH is 1. The van der Waals surface area contributed by atoms with Gasteiger partial charge < -0.3 is 19.4 Å². The van der Waals surface area contributed by atoms with Crippen molar-refractivity contribution in [2.24, 2.45) is 0 Å². The Morgan fingerprint density at radius 3 is 2.92 bits per heavy atom. The lowest BCUT2D eigenvalue weighted by Crippen LogP contribution is -2.29. The molecule has 2 N–H and O–H groups in total. The van der Waals surface area contributed by atoms with Gasteiger partial charge in [0.25, 0.3) is 11.2 Å². The summed E-state index contributed by atoms with van der Waals surface area (Å²) in [4.78, 5) is 25.0. The second-order valence-electron chi connectivity index (χ2n) is 5.29. The molecular formula is C16H15N3O5. The number of aromatic amines is 1. The van der Waals surface area contributed by atoms with E-state index < -0.39 is 16.6 Å². The first-order chi connectivity index (χ1) is 11.5. The maximum Gasteiger partial charge on any atom is 0.285 e. The summed E-state index contributed by atoms with van der Waals surface area (Å²) < 4.78 is 6.71. The van der Waals surface area contributed by atoms with Crippen LogP contribution in [-0.2, 0) is 6.54 Å². The minimum absolute atomic E-state index is 0.0422. The summed E-state index contributed by atoms with van der Waals surface area (Å²) in [5.74, 6) is 0.610. The zero-order valence-electron chi connectivity index (χ0n) is 12.6. The van der Waals surface area contributed by atoms with Gasteiger partial charge in [0.2, 0.25) is 0 Å². The second-order valence-corrected chi connectivity index (χ2v) is 5.29. The summed E-state index contributed by atoms with van der Waals surface area (Å²) in [6.45, 7) is -0.136. The molecule has 1 unspecified atom stereocenters. The molecule has 24 heavy (non-hydrogen) atoms. The van der Waals surface area contributed by atoms with Crippen LogP contribution in [-0.4, -0.2) is 32.3 Å². The van der Waals surface area contributed by atoms with Gasteiger partial charge in [-0.2, -0.15) is 0 Å². The van der Waals surface area contributed by atoms with Gasteiger partial charge in [-0.15, -0.1) is 0 Å². The number of aromatic nitrogens is 2. The van der Waals surface area contributed by atoms with Crippen LogP contribution in [0.4, 0.5) is 5.69 Å². The molecule has 3 rings (SSSR count). The quantitative estimate of drug-likeness (QED) is 0.528. The third-order valence-electron chi connectivity index (χ3n) is 3.57. The second kappa shape index (κ2) is 6.55. The highest BCUT2D eigenvalue weighted by Gasteiger charge is 2.13. The van der Waals surface area contributed by atoms with Crippen molar-refractivity contribution in [3.63, 3.8) is 0 Å². The molecule has 8 heteroatoms. The fourth-order valence-corrected chi connectivity index (χ4v) is 2.42. The number of nitrogens with zero attached hydrogens (tertiary/aromatic N) is 2. The van der Waals surface area contributed by atoms with Crippen molar-refractivity contribution in [1.29, 1.82) is 0 Å². The van der Waals surface area contributed by atoms with Crippen molar-refractivity contribution in [2.75, 3.05) is 6.61 Å². The van der Waals surface area contributed by atoms with Crippen molar-refractivity contribution in [3.8, 4) is 5.75 Å². The molecule has 0 aliphatic rings. The van der Waals surface area contributed by atoms with E-state index in [1.54, 1.807) is 12.3 Å². The van der Waals surface area contributed by atoms with E-state index in [2.05, 4.69) is 4.98 Å². The van der Waals surface area contributed by atoms with Crippen LogP contribution in [0.5, 0.6) is 5.75 Å². The molecule has 0 radical (unpaired) electrons. The first-order valence-electron chi connectivity index (χ1n) is 7.26. The average molecular weight is 329 g/mol. The van der Waals surface area contributed by atoms with Crippen LogP contribution in [0.2, 0.25) is 0 Å². The molecule has 124 valence electrons. The molecule has 0 saturated heterocycles. The Morgan fingerprint density at radius 1 is 1.29 bits per heavy atom. The van der Waals surface area contributed by atoms with Crippen molar-refractivity contribution in [2.45, 2.75) is 12.6 Å². The minimum Gasteiger partial charge on any atom is -0.490 e. The molecule has 2 aromatic heterocycles. The van der Waals surface area contributed by atoms with Crippen molar-refractivity contribution in [1.82, 2.24) is 9.55 Å². The fraction of sp³-hybridized carbons (Fsp3) is 0.188. The molecule has 0 amide bonds. The van der Waals surface area contributed by atoms with Gasteiger partial charge in [-0.1, -0.05) is 6.07 Å². The summed E-state index contributed by atoms with van der Waals surface area (Å²) in [5.41, 5.74) is 0.282. The molecule has 0 bridgehead atoms. The van der Waals surface area contributed by atoms with Crippen LogP contribution in [0, 0.1) is 10.1 Å². The zero-order valence-corrected chi connectivity index (χ0v) is 12.6. The lowest BCUT2D eigenvalue weighted by Gasteiger charge is -2.14. The van der Waals surface area contributed by atoms with E-state index >= 15 is 0 Å². The standard InChI is InChI=1S/C16H15N3O5/c20-12(9-18-8-11(19(22)23)4-5-16(18)21)10-24-15-3-1-2-14-13(15)6-7-17-14/h1-8,12,17,20H,9-10H2. The third kappa shape index (κ3) is 3.28. The van der Waals surface area contributed by atoms with Crippen LogP contribution in [0.25, 0.3) is 10.9 Å². The number of aliphatic hydroxyl groups is 1. The molecule has 0 fully saturated rings. The molecule has 2 heterocycles. The molecule has 3 aromatic rings. The number of ether oxygens (including phenoxy) is 1. The highest BCUT2D eigenvalue weighted by atomic mass is 16.6. The zero-order chi connectivity index (χ0) is 17.1. The summed E-state index contributed by atoms with van der Waals surface area (Å²) in [5, 5.41) is 21.7. The normalized spacial score (nSPS) is 12.2. The Morgan fingerprint density at radius 2 is 2.12 bits per heavy atom. The van der Waals surface area contributed by atoms with Gasteiger partial charge >= 0.3 is 0 Å². The molecule has 8 nitrogen and oxygen atoms in total. The van der Waals surface area contributed by atoms with Crippen molar-refractivity contribution in [3.05, 3.63) is 69.3 Å². The van der Waals surface area contributed by atoms with Gasteiger partial charge in [0, 0.05) is 29.2 Å². The number of hydrogen-bond acceptors (Lipinski definition) is 5. The molecule has 1 atom stereocenters. The largest absolute Gasteiger partial charge is 0.490 e. The number of H-pyrrole nitrogens is 1. The van der Waals surface area contributed by atoms with E-state index in [9.17, 15) is 20.0 Å². The fourth-order valence-electron chi connectivity index (χ4n) is 2.42. The summed E-state index contributed by atoms with van der Waals surface area (Å²) in [7, 11) is 0. The number of pyridine rings is 1. The van der Waals surface area contributed by atoms with E-state index in [-0.39, 0.29) is 18.8 Å². The third-order valence-corrected chi connectivity index (χ3v) is 3.57. The van der Waals surface area contributed by atoms with E-state index in [4.69, 9.17) is 4.74 Å². The number of rotatable bonds is 6. The summed E-state index contributed by atoms with van der Waals surface area (Å²) in [6.07, 6.45) is 1.91. The number of nitro groups is 1. The number of benzene rings is 1. The number of hydrogen-bond donors (Lipinski definition) is 2. The first kappa shape index (κ1) is 15.8. The Balaban J connectivity index is 1.69. The van der Waals surface area contributed by atoms with Crippen molar-refractivity contribution >= 4 is 16.6 Å². The molecule has 0 spiro atoms. The van der Waals surface area contributed by atoms with E-state index in [0.29, 0.717) is 5.75 Å². The SMILES string of the molecule is O=c1ccc([N+](=O)[O-])cn1CC(O)COc1cccc2[nH]ccc12. The predicted molar refractivity (Wildman–Crippen MR) is 87.2 cm³/mol. The summed E-state index contributed by atoms with van der Waals surface area (Å²) in [6, 6.07) is 9.61. The smallest absolute Gasteiger partial charge is 0.285 e. The van der Waals surface area contributed by atoms with Crippen molar-refractivity contribution < 1.29 is 14.8 Å². The van der Waals surface area contributed by atoms with E-state index in [0.717, 1.165) is 33.8 Å². The average Bonchev–Trinajstić information content (AvgIpc) is 3.04. The minimum atomic E-state index is -0.987. The molecule has 0 aliphatic heterocycles. The Hall–Kier alpha value is -3.13. The lowest BCUT2D eigenvalue weighted by molar-refractivity contribution is -0.385. The molecule has 0 aliphatic carbocycles. The van der Waals surface area contributed by atoms with Gasteiger partial charge in [0.1, 0.15) is 18.5 Å². The number of nitrogens with one attached hydrogen (secondary N) is 1.